The summed E-state index contributed by atoms with van der Waals surface area (Å²) in [6, 6.07) is 4.23. The van der Waals surface area contributed by atoms with E-state index in [-0.39, 0.29) is 0 Å². The summed E-state index contributed by atoms with van der Waals surface area (Å²) in [5.74, 6) is 0.917. The number of nitrogens with one attached hydrogen (secondary N) is 1. The van der Waals surface area contributed by atoms with Gasteiger partial charge < -0.3 is 5.32 Å². The molecule has 0 radical (unpaired) electrons. The lowest BCUT2D eigenvalue weighted by molar-refractivity contribution is 1.01. The SMILES string of the molecule is Cc1cnc(NCCc2ccsc2)c(Br)c1. The van der Waals surface area contributed by atoms with Gasteiger partial charge in [-0.15, -0.1) is 0 Å². The van der Waals surface area contributed by atoms with E-state index in [1.807, 2.05) is 13.1 Å². The molecule has 2 aromatic heterocycles. The van der Waals surface area contributed by atoms with Crippen LogP contribution < -0.4 is 5.32 Å². The molecule has 0 aliphatic rings. The molecule has 0 saturated carbocycles. The highest BCUT2D eigenvalue weighted by Gasteiger charge is 2.00. The Labute approximate surface area is 108 Å². The van der Waals surface area contributed by atoms with Crippen molar-refractivity contribution in [2.24, 2.45) is 0 Å². The van der Waals surface area contributed by atoms with E-state index in [9.17, 15) is 0 Å². The highest BCUT2D eigenvalue weighted by atomic mass is 79.9. The van der Waals surface area contributed by atoms with E-state index in [2.05, 4.69) is 49.1 Å². The summed E-state index contributed by atoms with van der Waals surface area (Å²) in [5, 5.41) is 7.61. The second-order valence-electron chi connectivity index (χ2n) is 3.65. The number of aryl methyl sites for hydroxylation is 1. The monoisotopic (exact) mass is 296 g/mol. The third-order valence-electron chi connectivity index (χ3n) is 2.26. The molecule has 16 heavy (non-hydrogen) atoms. The van der Waals surface area contributed by atoms with Gasteiger partial charge >= 0.3 is 0 Å². The van der Waals surface area contributed by atoms with Gasteiger partial charge in [-0.25, -0.2) is 4.98 Å². The van der Waals surface area contributed by atoms with Crippen LogP contribution in [-0.4, -0.2) is 11.5 Å². The molecular formula is C12H13BrN2S. The third-order valence-corrected chi connectivity index (χ3v) is 3.60. The van der Waals surface area contributed by atoms with Crippen molar-refractivity contribution >= 4 is 33.1 Å². The number of anilines is 1. The quantitative estimate of drug-likeness (QED) is 0.926. The minimum absolute atomic E-state index is 0.908. The highest BCUT2D eigenvalue weighted by Crippen LogP contribution is 2.20. The fraction of sp³-hybridized carbons (Fsp3) is 0.250. The molecule has 0 fully saturated rings. The lowest BCUT2D eigenvalue weighted by atomic mass is 10.2. The average molecular weight is 297 g/mol. The van der Waals surface area contributed by atoms with E-state index in [1.54, 1.807) is 11.3 Å². The van der Waals surface area contributed by atoms with Crippen LogP contribution in [0.25, 0.3) is 0 Å². The number of pyridine rings is 1. The Morgan fingerprint density at radius 1 is 1.50 bits per heavy atom. The molecule has 0 aliphatic heterocycles. The summed E-state index contributed by atoms with van der Waals surface area (Å²) in [6.45, 7) is 2.94. The van der Waals surface area contributed by atoms with Crippen molar-refractivity contribution in [3.05, 3.63) is 44.7 Å². The summed E-state index contributed by atoms with van der Waals surface area (Å²) in [7, 11) is 0. The van der Waals surface area contributed by atoms with Crippen LogP contribution in [0.4, 0.5) is 5.82 Å². The van der Waals surface area contributed by atoms with Crippen LogP contribution in [0.5, 0.6) is 0 Å². The Hall–Kier alpha value is -0.870. The Bertz CT molecular complexity index is 454. The molecule has 0 spiro atoms. The number of hydrogen-bond acceptors (Lipinski definition) is 3. The van der Waals surface area contributed by atoms with Gasteiger partial charge in [0.15, 0.2) is 0 Å². The molecule has 0 bridgehead atoms. The lowest BCUT2D eigenvalue weighted by Gasteiger charge is -2.07. The fourth-order valence-electron chi connectivity index (χ4n) is 1.42. The molecule has 0 saturated heterocycles. The summed E-state index contributed by atoms with van der Waals surface area (Å²) in [5.41, 5.74) is 2.54. The molecule has 84 valence electrons. The van der Waals surface area contributed by atoms with Crippen LogP contribution in [0.15, 0.2) is 33.6 Å². The predicted octanol–water partition coefficient (Wildman–Crippen LogP) is 3.87. The van der Waals surface area contributed by atoms with E-state index in [4.69, 9.17) is 0 Å². The first-order chi connectivity index (χ1) is 7.75. The summed E-state index contributed by atoms with van der Waals surface area (Å²) >= 11 is 5.24. The van der Waals surface area contributed by atoms with Crippen LogP contribution in [0, 0.1) is 6.92 Å². The van der Waals surface area contributed by atoms with Crippen molar-refractivity contribution < 1.29 is 0 Å². The van der Waals surface area contributed by atoms with Crippen molar-refractivity contribution in [2.45, 2.75) is 13.3 Å². The minimum Gasteiger partial charge on any atom is -0.369 e. The molecule has 0 amide bonds. The highest BCUT2D eigenvalue weighted by molar-refractivity contribution is 9.10. The Balaban J connectivity index is 1.90. The van der Waals surface area contributed by atoms with Gasteiger partial charge in [0.2, 0.25) is 0 Å². The topological polar surface area (TPSA) is 24.9 Å². The van der Waals surface area contributed by atoms with Crippen LogP contribution >= 0.6 is 27.3 Å². The van der Waals surface area contributed by atoms with Crippen molar-refractivity contribution in [3.8, 4) is 0 Å². The molecule has 0 atom stereocenters. The zero-order chi connectivity index (χ0) is 11.4. The van der Waals surface area contributed by atoms with Gasteiger partial charge in [0.25, 0.3) is 0 Å². The van der Waals surface area contributed by atoms with Crippen molar-refractivity contribution in [1.29, 1.82) is 0 Å². The normalized spacial score (nSPS) is 10.4. The maximum absolute atomic E-state index is 4.34. The minimum atomic E-state index is 0.908. The standard InChI is InChI=1S/C12H13BrN2S/c1-9-6-11(13)12(15-7-9)14-4-2-10-3-5-16-8-10/h3,5-8H,2,4H2,1H3,(H,14,15). The molecule has 4 heteroatoms. The van der Waals surface area contributed by atoms with Crippen LogP contribution in [0.2, 0.25) is 0 Å². The first-order valence-electron chi connectivity index (χ1n) is 5.13. The van der Waals surface area contributed by atoms with E-state index >= 15 is 0 Å². The van der Waals surface area contributed by atoms with Gasteiger partial charge in [-0.3, -0.25) is 0 Å². The molecule has 2 rings (SSSR count). The van der Waals surface area contributed by atoms with E-state index in [0.717, 1.165) is 28.8 Å². The van der Waals surface area contributed by atoms with Crippen LogP contribution in [0.3, 0.4) is 0 Å². The van der Waals surface area contributed by atoms with Gasteiger partial charge in [0.1, 0.15) is 5.82 Å². The lowest BCUT2D eigenvalue weighted by Crippen LogP contribution is -2.06. The van der Waals surface area contributed by atoms with E-state index in [1.165, 1.54) is 5.56 Å². The number of halogens is 1. The smallest absolute Gasteiger partial charge is 0.140 e. The number of nitrogens with zero attached hydrogens (tertiary/aromatic N) is 1. The number of rotatable bonds is 4. The van der Waals surface area contributed by atoms with Gasteiger partial charge in [-0.05, 0) is 63.3 Å². The first kappa shape index (κ1) is 11.6. The summed E-state index contributed by atoms with van der Waals surface area (Å²) < 4.78 is 1.03. The van der Waals surface area contributed by atoms with Gasteiger partial charge in [0.05, 0.1) is 4.47 Å². The van der Waals surface area contributed by atoms with Crippen LogP contribution in [-0.2, 0) is 6.42 Å². The molecule has 2 aromatic rings. The van der Waals surface area contributed by atoms with Gasteiger partial charge in [-0.2, -0.15) is 11.3 Å². The molecule has 2 nitrogen and oxygen atoms in total. The molecule has 1 N–H and O–H groups in total. The maximum atomic E-state index is 4.34. The van der Waals surface area contributed by atoms with Gasteiger partial charge in [-0.1, -0.05) is 0 Å². The Morgan fingerprint density at radius 2 is 2.38 bits per heavy atom. The van der Waals surface area contributed by atoms with Crippen molar-refractivity contribution in [3.63, 3.8) is 0 Å². The van der Waals surface area contributed by atoms with E-state index < -0.39 is 0 Å². The second kappa shape index (κ2) is 5.46. The largest absolute Gasteiger partial charge is 0.369 e. The molecule has 0 aromatic carbocycles. The van der Waals surface area contributed by atoms with Crippen molar-refractivity contribution in [2.75, 3.05) is 11.9 Å². The average Bonchev–Trinajstić information content (AvgIpc) is 2.74. The van der Waals surface area contributed by atoms with E-state index in [0.29, 0.717) is 0 Å². The number of aromatic nitrogens is 1. The Kier molecular flexibility index (Phi) is 3.96. The fourth-order valence-corrected chi connectivity index (χ4v) is 2.73. The molecule has 2 heterocycles. The third kappa shape index (κ3) is 3.06. The first-order valence-corrected chi connectivity index (χ1v) is 6.86. The zero-order valence-electron chi connectivity index (χ0n) is 9.03. The van der Waals surface area contributed by atoms with Crippen LogP contribution in [0.1, 0.15) is 11.1 Å². The van der Waals surface area contributed by atoms with Crippen molar-refractivity contribution in [1.82, 2.24) is 4.98 Å². The summed E-state index contributed by atoms with van der Waals surface area (Å²) in [4.78, 5) is 4.34. The Morgan fingerprint density at radius 3 is 3.06 bits per heavy atom. The second-order valence-corrected chi connectivity index (χ2v) is 5.29. The van der Waals surface area contributed by atoms with Gasteiger partial charge in [0, 0.05) is 12.7 Å². The summed E-state index contributed by atoms with van der Waals surface area (Å²) in [6.07, 6.45) is 2.91. The number of thiophene rings is 1. The zero-order valence-corrected chi connectivity index (χ0v) is 11.4. The molecule has 0 unspecified atom stereocenters. The number of hydrogen-bond donors (Lipinski definition) is 1. The molecule has 0 aliphatic carbocycles. The molecular weight excluding hydrogens is 284 g/mol. The predicted molar refractivity (Wildman–Crippen MR) is 73.2 cm³/mol. The maximum Gasteiger partial charge on any atom is 0.140 e.